The highest BCUT2D eigenvalue weighted by Gasteiger charge is 2.31. The first-order chi connectivity index (χ1) is 7.61. The molecule has 2 rings (SSSR count). The lowest BCUT2D eigenvalue weighted by Crippen LogP contribution is -2.22. The Morgan fingerprint density at radius 2 is 2.12 bits per heavy atom. The molecule has 1 saturated heterocycles. The molecule has 0 bridgehead atoms. The van der Waals surface area contributed by atoms with Gasteiger partial charge in [-0.2, -0.15) is 0 Å². The van der Waals surface area contributed by atoms with E-state index in [1.54, 1.807) is 6.07 Å². The Balaban J connectivity index is 2.34. The molecule has 1 atom stereocenters. The van der Waals surface area contributed by atoms with Crippen molar-refractivity contribution in [2.75, 3.05) is 7.11 Å². The summed E-state index contributed by atoms with van der Waals surface area (Å²) in [5, 5.41) is 14.0. The van der Waals surface area contributed by atoms with E-state index in [4.69, 9.17) is 4.74 Å². The number of amides is 3. The predicted molar refractivity (Wildman–Crippen MR) is 54.1 cm³/mol. The second-order valence-corrected chi connectivity index (χ2v) is 3.33. The Morgan fingerprint density at radius 3 is 2.69 bits per heavy atom. The third kappa shape index (κ3) is 1.65. The molecule has 6 heteroatoms. The molecule has 84 valence electrons. The second-order valence-electron chi connectivity index (χ2n) is 3.33. The van der Waals surface area contributed by atoms with Gasteiger partial charge in [-0.1, -0.05) is 6.07 Å². The number of carbonyl (C=O) groups is 2. The summed E-state index contributed by atoms with van der Waals surface area (Å²) in [5.74, 6) is -0.180. The van der Waals surface area contributed by atoms with Crippen molar-refractivity contribution >= 4 is 11.9 Å². The summed E-state index contributed by atoms with van der Waals surface area (Å²) < 4.78 is 4.91. The van der Waals surface area contributed by atoms with Crippen molar-refractivity contribution in [3.05, 3.63) is 23.8 Å². The van der Waals surface area contributed by atoms with Crippen LogP contribution in [0.25, 0.3) is 0 Å². The third-order valence-corrected chi connectivity index (χ3v) is 2.31. The van der Waals surface area contributed by atoms with Crippen LogP contribution in [0.3, 0.4) is 0 Å². The van der Waals surface area contributed by atoms with Gasteiger partial charge in [-0.15, -0.1) is 0 Å². The second kappa shape index (κ2) is 3.73. The highest BCUT2D eigenvalue weighted by molar-refractivity contribution is 6.04. The van der Waals surface area contributed by atoms with Crippen molar-refractivity contribution in [3.8, 4) is 11.5 Å². The number of rotatable bonds is 2. The van der Waals surface area contributed by atoms with E-state index < -0.39 is 18.0 Å². The number of methoxy groups -OCH3 is 1. The summed E-state index contributed by atoms with van der Waals surface area (Å²) in [7, 11) is 1.41. The molecule has 0 saturated carbocycles. The van der Waals surface area contributed by atoms with E-state index in [1.165, 1.54) is 19.2 Å². The van der Waals surface area contributed by atoms with Crippen LogP contribution in [-0.4, -0.2) is 24.2 Å². The van der Waals surface area contributed by atoms with Crippen molar-refractivity contribution in [3.63, 3.8) is 0 Å². The lowest BCUT2D eigenvalue weighted by atomic mass is 10.1. The number of carbonyl (C=O) groups excluding carboxylic acids is 2. The number of hydrogen-bond acceptors (Lipinski definition) is 4. The SMILES string of the molecule is COc1cc([C@@H]2NC(=O)NC2=O)ccc1O. The zero-order valence-electron chi connectivity index (χ0n) is 8.48. The first-order valence-electron chi connectivity index (χ1n) is 4.60. The van der Waals surface area contributed by atoms with Crippen molar-refractivity contribution in [1.82, 2.24) is 10.6 Å². The maximum absolute atomic E-state index is 11.4. The number of imide groups is 1. The average Bonchev–Trinajstić information content (AvgIpc) is 2.59. The number of hydrogen-bond donors (Lipinski definition) is 3. The summed E-state index contributed by atoms with van der Waals surface area (Å²) in [6.07, 6.45) is 0. The minimum Gasteiger partial charge on any atom is -0.504 e. The molecule has 1 aliphatic rings. The molecule has 1 aliphatic heterocycles. The maximum Gasteiger partial charge on any atom is 0.322 e. The number of phenolic OH excluding ortho intramolecular Hbond substituents is 1. The standard InChI is InChI=1S/C10H10N2O4/c1-16-7-4-5(2-3-6(7)13)8-9(14)12-10(15)11-8/h2-4,8,13H,1H3,(H2,11,12,14,15)/t8-/m0/s1. The topological polar surface area (TPSA) is 87.7 Å². The van der Waals surface area contributed by atoms with Gasteiger partial charge in [0.05, 0.1) is 7.11 Å². The fraction of sp³-hybridized carbons (Fsp3) is 0.200. The van der Waals surface area contributed by atoms with Crippen LogP contribution in [0.2, 0.25) is 0 Å². The first-order valence-corrected chi connectivity index (χ1v) is 4.60. The van der Waals surface area contributed by atoms with Gasteiger partial charge >= 0.3 is 6.03 Å². The van der Waals surface area contributed by atoms with Gasteiger partial charge in [0.2, 0.25) is 0 Å². The summed E-state index contributed by atoms with van der Waals surface area (Å²) >= 11 is 0. The van der Waals surface area contributed by atoms with Crippen LogP contribution in [0.5, 0.6) is 11.5 Å². The molecule has 0 aromatic heterocycles. The zero-order valence-corrected chi connectivity index (χ0v) is 8.48. The van der Waals surface area contributed by atoms with Gasteiger partial charge in [-0.3, -0.25) is 10.1 Å². The van der Waals surface area contributed by atoms with E-state index in [-0.39, 0.29) is 11.5 Å². The molecule has 0 spiro atoms. The Hall–Kier alpha value is -2.24. The molecule has 0 aliphatic carbocycles. The van der Waals surface area contributed by atoms with Crippen molar-refractivity contribution in [1.29, 1.82) is 0 Å². The summed E-state index contributed by atoms with van der Waals surface area (Å²) in [4.78, 5) is 22.3. The van der Waals surface area contributed by atoms with Gasteiger partial charge in [0.25, 0.3) is 5.91 Å². The molecular formula is C10H10N2O4. The van der Waals surface area contributed by atoms with E-state index >= 15 is 0 Å². The Bertz CT molecular complexity index is 458. The van der Waals surface area contributed by atoms with Crippen molar-refractivity contribution < 1.29 is 19.4 Å². The summed E-state index contributed by atoms with van der Waals surface area (Å²) in [6.45, 7) is 0. The third-order valence-electron chi connectivity index (χ3n) is 2.31. The van der Waals surface area contributed by atoms with Crippen LogP contribution in [0.15, 0.2) is 18.2 Å². The highest BCUT2D eigenvalue weighted by Crippen LogP contribution is 2.29. The molecule has 16 heavy (non-hydrogen) atoms. The van der Waals surface area contributed by atoms with E-state index in [9.17, 15) is 14.7 Å². The van der Waals surface area contributed by atoms with Gasteiger partial charge in [0.1, 0.15) is 6.04 Å². The number of benzene rings is 1. The average molecular weight is 222 g/mol. The molecule has 6 nitrogen and oxygen atoms in total. The normalized spacial score (nSPS) is 19.2. The van der Waals surface area contributed by atoms with Crippen LogP contribution < -0.4 is 15.4 Å². The summed E-state index contributed by atoms with van der Waals surface area (Å²) in [5.41, 5.74) is 0.554. The Kier molecular flexibility index (Phi) is 2.40. The lowest BCUT2D eigenvalue weighted by molar-refractivity contribution is -0.120. The number of ether oxygens (including phenoxy) is 1. The molecular weight excluding hydrogens is 212 g/mol. The lowest BCUT2D eigenvalue weighted by Gasteiger charge is -2.10. The quantitative estimate of drug-likeness (QED) is 0.627. The maximum atomic E-state index is 11.4. The van der Waals surface area contributed by atoms with E-state index in [0.717, 1.165) is 0 Å². The largest absolute Gasteiger partial charge is 0.504 e. The minimum atomic E-state index is -0.734. The molecule has 0 radical (unpaired) electrons. The number of phenols is 1. The predicted octanol–water partition coefficient (Wildman–Crippen LogP) is 0.281. The number of aromatic hydroxyl groups is 1. The van der Waals surface area contributed by atoms with E-state index in [1.807, 2.05) is 0 Å². The minimum absolute atomic E-state index is 0.0176. The van der Waals surface area contributed by atoms with Crippen molar-refractivity contribution in [2.45, 2.75) is 6.04 Å². The molecule has 1 fully saturated rings. The molecule has 1 aromatic carbocycles. The van der Waals surface area contributed by atoms with Crippen molar-refractivity contribution in [2.24, 2.45) is 0 Å². The Morgan fingerprint density at radius 1 is 1.38 bits per heavy atom. The molecule has 1 heterocycles. The molecule has 3 amide bonds. The monoisotopic (exact) mass is 222 g/mol. The van der Waals surface area contributed by atoms with Crippen LogP contribution in [-0.2, 0) is 4.79 Å². The fourth-order valence-corrected chi connectivity index (χ4v) is 1.53. The zero-order chi connectivity index (χ0) is 11.7. The smallest absolute Gasteiger partial charge is 0.322 e. The van der Waals surface area contributed by atoms with Gasteiger partial charge in [0.15, 0.2) is 11.5 Å². The fourth-order valence-electron chi connectivity index (χ4n) is 1.53. The van der Waals surface area contributed by atoms with Gasteiger partial charge < -0.3 is 15.2 Å². The molecule has 3 N–H and O–H groups in total. The number of nitrogens with one attached hydrogen (secondary N) is 2. The summed E-state index contributed by atoms with van der Waals surface area (Å²) in [6, 6.07) is 3.20. The van der Waals surface area contributed by atoms with E-state index in [0.29, 0.717) is 5.56 Å². The van der Waals surface area contributed by atoms with Crippen LogP contribution in [0.4, 0.5) is 4.79 Å². The molecule has 0 unspecified atom stereocenters. The first kappa shape index (κ1) is 10.3. The van der Waals surface area contributed by atoms with Crippen LogP contribution in [0, 0.1) is 0 Å². The Labute approximate surface area is 91.2 Å². The van der Waals surface area contributed by atoms with Crippen LogP contribution in [0.1, 0.15) is 11.6 Å². The highest BCUT2D eigenvalue weighted by atomic mass is 16.5. The van der Waals surface area contributed by atoms with E-state index in [2.05, 4.69) is 10.6 Å². The van der Waals surface area contributed by atoms with Crippen LogP contribution >= 0.6 is 0 Å². The van der Waals surface area contributed by atoms with Gasteiger partial charge in [-0.25, -0.2) is 4.79 Å². The number of urea groups is 1. The van der Waals surface area contributed by atoms with Gasteiger partial charge in [-0.05, 0) is 17.7 Å². The molecule has 1 aromatic rings. The van der Waals surface area contributed by atoms with Gasteiger partial charge in [0, 0.05) is 0 Å².